The zero-order valence-electron chi connectivity index (χ0n) is 18.8. The van der Waals surface area contributed by atoms with Gasteiger partial charge >= 0.3 is 7.82 Å². The van der Waals surface area contributed by atoms with Gasteiger partial charge in [-0.2, -0.15) is 0 Å². The highest BCUT2D eigenvalue weighted by molar-refractivity contribution is 7.46. The minimum absolute atomic E-state index is 0.128. The van der Waals surface area contributed by atoms with E-state index in [0.29, 0.717) is 23.4 Å². The SMILES string of the molecule is NC/C(=C\C=C/NCOP(=O)(O)O)c1cc(Cc2ccc(CNc3ccc(F)c(F)c3F)cc2)no1. The van der Waals surface area contributed by atoms with Crippen molar-refractivity contribution >= 4 is 19.1 Å². The summed E-state index contributed by atoms with van der Waals surface area (Å²) in [6.45, 7) is 0.0165. The number of halogens is 3. The van der Waals surface area contributed by atoms with Crippen LogP contribution < -0.4 is 16.4 Å². The second-order valence-corrected chi connectivity index (χ2v) is 8.71. The molecule has 1 aromatic heterocycles. The zero-order chi connectivity index (χ0) is 26.1. The number of aromatic nitrogens is 1. The molecule has 3 rings (SSSR count). The largest absolute Gasteiger partial charge is 0.471 e. The molecule has 0 aliphatic carbocycles. The first-order valence-electron chi connectivity index (χ1n) is 10.6. The molecule has 0 fully saturated rings. The number of phosphoric acid groups is 1. The molecule has 0 atom stereocenters. The summed E-state index contributed by atoms with van der Waals surface area (Å²) < 4.78 is 60.4. The molecular formula is C23H24F3N4O5P. The second-order valence-electron chi connectivity index (χ2n) is 7.48. The normalized spacial score (nSPS) is 12.3. The topological polar surface area (TPSA) is 143 Å². The molecular weight excluding hydrogens is 500 g/mol. The highest BCUT2D eigenvalue weighted by Crippen LogP contribution is 2.34. The Morgan fingerprint density at radius 1 is 1.11 bits per heavy atom. The fourth-order valence-electron chi connectivity index (χ4n) is 3.04. The summed E-state index contributed by atoms with van der Waals surface area (Å²) in [5.74, 6) is -3.56. The number of hydrogen-bond acceptors (Lipinski definition) is 7. The Morgan fingerprint density at radius 2 is 1.83 bits per heavy atom. The van der Waals surface area contributed by atoms with Gasteiger partial charge in [0, 0.05) is 31.1 Å². The average Bonchev–Trinajstić information content (AvgIpc) is 3.30. The Morgan fingerprint density at radius 3 is 2.53 bits per heavy atom. The minimum atomic E-state index is -4.53. The van der Waals surface area contributed by atoms with Gasteiger partial charge in [-0.05, 0) is 35.5 Å². The monoisotopic (exact) mass is 524 g/mol. The number of allylic oxidation sites excluding steroid dienone is 2. The van der Waals surface area contributed by atoms with Crippen LogP contribution >= 0.6 is 7.82 Å². The molecule has 2 aromatic carbocycles. The Kier molecular flexibility index (Phi) is 9.45. The van der Waals surface area contributed by atoms with Crippen molar-refractivity contribution in [3.8, 4) is 0 Å². The third-order valence-electron chi connectivity index (χ3n) is 4.85. The summed E-state index contributed by atoms with van der Waals surface area (Å²) in [5, 5.41) is 9.35. The molecule has 0 saturated carbocycles. The first-order valence-corrected chi connectivity index (χ1v) is 12.1. The van der Waals surface area contributed by atoms with E-state index in [-0.39, 0.29) is 25.5 Å². The first-order chi connectivity index (χ1) is 17.2. The predicted octanol–water partition coefficient (Wildman–Crippen LogP) is 3.81. The number of rotatable bonds is 12. The fraction of sp³-hybridized carbons (Fsp3) is 0.174. The van der Waals surface area contributed by atoms with E-state index < -0.39 is 25.3 Å². The van der Waals surface area contributed by atoms with Gasteiger partial charge < -0.3 is 30.7 Å². The van der Waals surface area contributed by atoms with Gasteiger partial charge in [0.05, 0.1) is 11.4 Å². The van der Waals surface area contributed by atoms with Crippen molar-refractivity contribution in [1.82, 2.24) is 10.5 Å². The van der Waals surface area contributed by atoms with Gasteiger partial charge in [0.2, 0.25) is 0 Å². The zero-order valence-corrected chi connectivity index (χ0v) is 19.7. The maximum Gasteiger partial charge on any atom is 0.471 e. The van der Waals surface area contributed by atoms with Gasteiger partial charge in [-0.25, -0.2) is 17.7 Å². The summed E-state index contributed by atoms with van der Waals surface area (Å²) in [6, 6.07) is 11.1. The minimum Gasteiger partial charge on any atom is -0.379 e. The van der Waals surface area contributed by atoms with Crippen LogP contribution in [0.25, 0.3) is 5.57 Å². The molecule has 0 amide bonds. The summed E-state index contributed by atoms with van der Waals surface area (Å²) in [4.78, 5) is 17.2. The molecule has 3 aromatic rings. The number of nitrogens with zero attached hydrogens (tertiary/aromatic N) is 1. The lowest BCUT2D eigenvalue weighted by molar-refractivity contribution is 0.191. The van der Waals surface area contributed by atoms with Gasteiger partial charge in [-0.15, -0.1) is 0 Å². The fourth-order valence-corrected chi connectivity index (χ4v) is 3.29. The Bertz CT molecular complexity index is 1280. The molecule has 0 radical (unpaired) electrons. The summed E-state index contributed by atoms with van der Waals surface area (Å²) in [5.41, 5.74) is 8.70. The molecule has 0 aliphatic rings. The smallest absolute Gasteiger partial charge is 0.379 e. The van der Waals surface area contributed by atoms with Crippen LogP contribution in [0.4, 0.5) is 18.9 Å². The third kappa shape index (κ3) is 8.08. The van der Waals surface area contributed by atoms with Crippen molar-refractivity contribution in [3.63, 3.8) is 0 Å². The van der Waals surface area contributed by atoms with E-state index in [1.807, 2.05) is 24.3 Å². The second kappa shape index (κ2) is 12.5. The van der Waals surface area contributed by atoms with Crippen LogP contribution in [0.5, 0.6) is 0 Å². The molecule has 13 heteroatoms. The Labute approximate surface area is 204 Å². The lowest BCUT2D eigenvalue weighted by Gasteiger charge is -2.09. The van der Waals surface area contributed by atoms with E-state index in [0.717, 1.165) is 23.3 Å². The number of phosphoric ester groups is 1. The molecule has 9 nitrogen and oxygen atoms in total. The van der Waals surface area contributed by atoms with Gasteiger partial charge in [0.25, 0.3) is 0 Å². The van der Waals surface area contributed by atoms with Crippen LogP contribution in [0.2, 0.25) is 0 Å². The summed E-state index contributed by atoms with van der Waals surface area (Å²) >= 11 is 0. The van der Waals surface area contributed by atoms with Crippen LogP contribution in [0.15, 0.2) is 65.3 Å². The van der Waals surface area contributed by atoms with Crippen LogP contribution in [0.1, 0.15) is 22.6 Å². The predicted molar refractivity (Wildman–Crippen MR) is 127 cm³/mol. The van der Waals surface area contributed by atoms with Crippen molar-refractivity contribution in [2.45, 2.75) is 13.0 Å². The number of anilines is 1. The highest BCUT2D eigenvalue weighted by atomic mass is 31.2. The molecule has 36 heavy (non-hydrogen) atoms. The molecule has 0 spiro atoms. The van der Waals surface area contributed by atoms with Gasteiger partial charge in [-0.1, -0.05) is 35.5 Å². The summed E-state index contributed by atoms with van der Waals surface area (Å²) in [6.07, 6.45) is 5.14. The first kappa shape index (κ1) is 27.2. The van der Waals surface area contributed by atoms with E-state index in [2.05, 4.69) is 20.3 Å². The number of nitrogens with one attached hydrogen (secondary N) is 2. The van der Waals surface area contributed by atoms with Crippen molar-refractivity contribution in [1.29, 1.82) is 0 Å². The molecule has 6 N–H and O–H groups in total. The van der Waals surface area contributed by atoms with E-state index in [1.54, 1.807) is 18.2 Å². The molecule has 0 saturated heterocycles. The van der Waals surface area contributed by atoms with Crippen molar-refractivity contribution in [2.24, 2.45) is 5.73 Å². The quantitative estimate of drug-likeness (QED) is 0.0786. The maximum absolute atomic E-state index is 13.8. The van der Waals surface area contributed by atoms with Crippen LogP contribution in [-0.4, -0.2) is 28.2 Å². The molecule has 0 unspecified atom stereocenters. The molecule has 0 bridgehead atoms. The Hall–Kier alpha value is -3.41. The van der Waals surface area contributed by atoms with E-state index in [4.69, 9.17) is 20.0 Å². The lowest BCUT2D eigenvalue weighted by atomic mass is 10.1. The van der Waals surface area contributed by atoms with Crippen molar-refractivity contribution in [2.75, 3.05) is 18.6 Å². The summed E-state index contributed by atoms with van der Waals surface area (Å²) in [7, 11) is -4.53. The van der Waals surface area contributed by atoms with Crippen LogP contribution in [-0.2, 0) is 22.1 Å². The highest BCUT2D eigenvalue weighted by Gasteiger charge is 2.14. The standard InChI is InChI=1S/C23H24F3N4O5P/c24-19-7-8-20(23(26)22(19)25)29-13-16-5-3-15(4-6-16)10-18-11-21(35-30-18)17(12-27)2-1-9-28-14-34-36(31,32)33/h1-9,11,28-29H,10,12-14,27H2,(H2,31,32,33)/b9-1-,17-2+. The van der Waals surface area contributed by atoms with E-state index in [9.17, 15) is 17.7 Å². The third-order valence-corrected chi connectivity index (χ3v) is 5.31. The molecule has 0 aliphatic heterocycles. The Balaban J connectivity index is 1.54. The van der Waals surface area contributed by atoms with Crippen molar-refractivity contribution < 1.29 is 36.6 Å². The number of hydrogen-bond donors (Lipinski definition) is 5. The van der Waals surface area contributed by atoms with Crippen LogP contribution in [0.3, 0.4) is 0 Å². The van der Waals surface area contributed by atoms with Crippen LogP contribution in [0, 0.1) is 17.5 Å². The van der Waals surface area contributed by atoms with Crippen molar-refractivity contribution in [3.05, 3.63) is 101 Å². The molecule has 192 valence electrons. The average molecular weight is 524 g/mol. The van der Waals surface area contributed by atoms with Gasteiger partial charge in [-0.3, -0.25) is 4.52 Å². The van der Waals surface area contributed by atoms with Gasteiger partial charge in [0.1, 0.15) is 6.73 Å². The van der Waals surface area contributed by atoms with E-state index in [1.165, 1.54) is 6.20 Å². The van der Waals surface area contributed by atoms with E-state index >= 15 is 0 Å². The lowest BCUT2D eigenvalue weighted by Crippen LogP contribution is -2.09. The molecule has 1 heterocycles. The number of benzene rings is 2. The van der Waals surface area contributed by atoms with Gasteiger partial charge in [0.15, 0.2) is 23.2 Å². The maximum atomic E-state index is 13.8. The number of nitrogens with two attached hydrogens (primary N) is 1.